The van der Waals surface area contributed by atoms with Gasteiger partial charge in [-0.3, -0.25) is 4.79 Å². The number of hydrogen-bond donors (Lipinski definition) is 0. The van der Waals surface area contributed by atoms with Gasteiger partial charge in [-0.15, -0.1) is 0 Å². The maximum atomic E-state index is 12.0. The predicted octanol–water partition coefficient (Wildman–Crippen LogP) is 2.86. The molecule has 0 fully saturated rings. The first-order valence-corrected chi connectivity index (χ1v) is 7.57. The highest BCUT2D eigenvalue weighted by atomic mass is 16.7. The van der Waals surface area contributed by atoms with Gasteiger partial charge in [-0.05, 0) is 48.0 Å². The van der Waals surface area contributed by atoms with E-state index in [4.69, 9.17) is 18.9 Å². The summed E-state index contributed by atoms with van der Waals surface area (Å²) in [5.41, 5.74) is 1.22. The summed E-state index contributed by atoms with van der Waals surface area (Å²) in [4.78, 5) is 23.7. The summed E-state index contributed by atoms with van der Waals surface area (Å²) in [5, 5.41) is 0. The highest BCUT2D eigenvalue weighted by Gasteiger charge is 2.12. The first-order chi connectivity index (χ1) is 12.2. The number of ketones is 1. The molecule has 2 aromatic rings. The molecule has 0 aromatic heterocycles. The summed E-state index contributed by atoms with van der Waals surface area (Å²) in [6, 6.07) is 11.9. The molecular formula is C19H16O6. The van der Waals surface area contributed by atoms with E-state index in [1.165, 1.54) is 6.08 Å². The molecule has 3 rings (SSSR count). The van der Waals surface area contributed by atoms with E-state index in [2.05, 4.69) is 0 Å². The van der Waals surface area contributed by atoms with E-state index in [1.54, 1.807) is 55.7 Å². The number of ether oxygens (including phenoxy) is 4. The van der Waals surface area contributed by atoms with E-state index >= 15 is 0 Å². The molecule has 0 amide bonds. The lowest BCUT2D eigenvalue weighted by Crippen LogP contribution is -2.12. The Labute approximate surface area is 144 Å². The first-order valence-electron chi connectivity index (χ1n) is 7.57. The number of fused-ring (bicyclic) bond motifs is 1. The number of Topliss-reactive ketones (excluding diaryl/α,β-unsaturated/α-hetero) is 1. The normalized spacial score (nSPS) is 12.2. The maximum Gasteiger partial charge on any atom is 0.331 e. The van der Waals surface area contributed by atoms with Gasteiger partial charge in [0.15, 0.2) is 23.9 Å². The molecule has 0 radical (unpaired) electrons. The topological polar surface area (TPSA) is 71.1 Å². The van der Waals surface area contributed by atoms with Gasteiger partial charge in [0.1, 0.15) is 5.75 Å². The molecule has 0 atom stereocenters. The third kappa shape index (κ3) is 4.17. The average molecular weight is 340 g/mol. The number of carbonyl (C=O) groups excluding carboxylic acids is 2. The molecule has 0 unspecified atom stereocenters. The van der Waals surface area contributed by atoms with Crippen molar-refractivity contribution in [3.63, 3.8) is 0 Å². The number of carbonyl (C=O) groups is 2. The Balaban J connectivity index is 1.52. The van der Waals surface area contributed by atoms with Crippen molar-refractivity contribution < 1.29 is 28.5 Å². The number of rotatable bonds is 6. The Morgan fingerprint density at radius 2 is 1.84 bits per heavy atom. The molecule has 0 N–H and O–H groups in total. The second kappa shape index (κ2) is 7.53. The van der Waals surface area contributed by atoms with Gasteiger partial charge >= 0.3 is 5.97 Å². The van der Waals surface area contributed by atoms with Crippen LogP contribution in [0.3, 0.4) is 0 Å². The van der Waals surface area contributed by atoms with Crippen LogP contribution in [0.25, 0.3) is 6.08 Å². The van der Waals surface area contributed by atoms with Gasteiger partial charge in [0.2, 0.25) is 6.79 Å². The smallest absolute Gasteiger partial charge is 0.331 e. The van der Waals surface area contributed by atoms with Crippen molar-refractivity contribution in [1.29, 1.82) is 0 Å². The Hall–Kier alpha value is -3.28. The van der Waals surface area contributed by atoms with E-state index in [0.29, 0.717) is 22.8 Å². The fraction of sp³-hybridized carbons (Fsp3) is 0.158. The van der Waals surface area contributed by atoms with Crippen LogP contribution in [0.1, 0.15) is 15.9 Å². The van der Waals surface area contributed by atoms with Crippen molar-refractivity contribution in [2.45, 2.75) is 0 Å². The van der Waals surface area contributed by atoms with Gasteiger partial charge in [-0.25, -0.2) is 4.79 Å². The number of hydrogen-bond acceptors (Lipinski definition) is 6. The standard InChI is InChI=1S/C19H16O6/c1-22-15-6-4-14(5-7-15)16(20)11-23-19(21)9-3-13-2-8-17-18(10-13)25-12-24-17/h2-10H,11-12H2,1H3/b9-3+. The van der Waals surface area contributed by atoms with E-state index in [0.717, 1.165) is 5.56 Å². The SMILES string of the molecule is COc1ccc(C(=O)COC(=O)/C=C/c2ccc3c(c2)OCO3)cc1. The number of esters is 1. The van der Waals surface area contributed by atoms with Crippen LogP contribution in [0.5, 0.6) is 17.2 Å². The van der Waals surface area contributed by atoms with Gasteiger partial charge < -0.3 is 18.9 Å². The minimum absolute atomic E-state index is 0.192. The monoisotopic (exact) mass is 340 g/mol. The van der Waals surface area contributed by atoms with Crippen molar-refractivity contribution in [3.8, 4) is 17.2 Å². The van der Waals surface area contributed by atoms with E-state index in [9.17, 15) is 9.59 Å². The summed E-state index contributed by atoms with van der Waals surface area (Å²) < 4.78 is 20.5. The average Bonchev–Trinajstić information content (AvgIpc) is 3.12. The van der Waals surface area contributed by atoms with Crippen LogP contribution in [0.4, 0.5) is 0 Å². The number of benzene rings is 2. The lowest BCUT2D eigenvalue weighted by atomic mass is 10.1. The van der Waals surface area contributed by atoms with Crippen molar-refractivity contribution in [3.05, 3.63) is 59.7 Å². The molecule has 0 bridgehead atoms. The molecule has 0 spiro atoms. The van der Waals surface area contributed by atoms with Crippen molar-refractivity contribution in [1.82, 2.24) is 0 Å². The second-order valence-electron chi connectivity index (χ2n) is 5.21. The molecular weight excluding hydrogens is 324 g/mol. The van der Waals surface area contributed by atoms with Crippen molar-refractivity contribution in [2.75, 3.05) is 20.5 Å². The molecule has 0 saturated carbocycles. The highest BCUT2D eigenvalue weighted by Crippen LogP contribution is 2.32. The third-order valence-corrected chi connectivity index (χ3v) is 3.57. The van der Waals surface area contributed by atoms with Gasteiger partial charge in [0, 0.05) is 11.6 Å². The lowest BCUT2D eigenvalue weighted by Gasteiger charge is -2.03. The minimum Gasteiger partial charge on any atom is -0.497 e. The summed E-state index contributed by atoms with van der Waals surface area (Å²) >= 11 is 0. The zero-order chi connectivity index (χ0) is 17.6. The zero-order valence-electron chi connectivity index (χ0n) is 13.6. The quantitative estimate of drug-likeness (QED) is 0.457. The lowest BCUT2D eigenvalue weighted by molar-refractivity contribution is -0.136. The molecule has 2 aromatic carbocycles. The summed E-state index contributed by atoms with van der Waals surface area (Å²) in [6.07, 6.45) is 2.85. The molecule has 128 valence electrons. The summed E-state index contributed by atoms with van der Waals surface area (Å²) in [7, 11) is 1.55. The molecule has 25 heavy (non-hydrogen) atoms. The largest absolute Gasteiger partial charge is 0.497 e. The van der Waals surface area contributed by atoms with Crippen molar-refractivity contribution in [2.24, 2.45) is 0 Å². The van der Waals surface area contributed by atoms with Gasteiger partial charge in [0.05, 0.1) is 7.11 Å². The van der Waals surface area contributed by atoms with Crippen LogP contribution < -0.4 is 14.2 Å². The molecule has 1 aliphatic rings. The fourth-order valence-corrected chi connectivity index (χ4v) is 2.23. The molecule has 6 heteroatoms. The van der Waals surface area contributed by atoms with E-state index in [1.807, 2.05) is 0 Å². The molecule has 6 nitrogen and oxygen atoms in total. The highest BCUT2D eigenvalue weighted by molar-refractivity contribution is 5.99. The molecule has 1 aliphatic heterocycles. The fourth-order valence-electron chi connectivity index (χ4n) is 2.23. The van der Waals surface area contributed by atoms with Gasteiger partial charge in [-0.2, -0.15) is 0 Å². The summed E-state index contributed by atoms with van der Waals surface area (Å²) in [5.74, 6) is 1.07. The molecule has 1 heterocycles. The van der Waals surface area contributed by atoms with Crippen LogP contribution >= 0.6 is 0 Å². The Kier molecular flexibility index (Phi) is 4.99. The van der Waals surface area contributed by atoms with Gasteiger partial charge in [0.25, 0.3) is 0 Å². The van der Waals surface area contributed by atoms with Gasteiger partial charge in [-0.1, -0.05) is 6.07 Å². The van der Waals surface area contributed by atoms with Crippen LogP contribution in [0.15, 0.2) is 48.5 Å². The van der Waals surface area contributed by atoms with Crippen LogP contribution in [0.2, 0.25) is 0 Å². The zero-order valence-corrected chi connectivity index (χ0v) is 13.6. The molecule has 0 aliphatic carbocycles. The van der Waals surface area contributed by atoms with Crippen molar-refractivity contribution >= 4 is 17.8 Å². The first kappa shape index (κ1) is 16.6. The second-order valence-corrected chi connectivity index (χ2v) is 5.21. The van der Waals surface area contributed by atoms with E-state index in [-0.39, 0.29) is 19.2 Å². The van der Waals surface area contributed by atoms with Crippen LogP contribution in [-0.2, 0) is 9.53 Å². The third-order valence-electron chi connectivity index (χ3n) is 3.57. The maximum absolute atomic E-state index is 12.0. The number of methoxy groups -OCH3 is 1. The van der Waals surface area contributed by atoms with Crippen LogP contribution in [-0.4, -0.2) is 32.3 Å². The summed E-state index contributed by atoms with van der Waals surface area (Å²) in [6.45, 7) is -0.130. The van der Waals surface area contributed by atoms with E-state index < -0.39 is 5.97 Å². The Morgan fingerprint density at radius 3 is 2.60 bits per heavy atom. The predicted molar refractivity (Wildman–Crippen MR) is 89.9 cm³/mol. The minimum atomic E-state index is -0.598. The Bertz CT molecular complexity index is 807. The Morgan fingerprint density at radius 1 is 1.08 bits per heavy atom. The molecule has 0 saturated heterocycles. The van der Waals surface area contributed by atoms with Crippen LogP contribution in [0, 0.1) is 0 Å².